The number of nitrogens with two attached hydrogens (primary N) is 1. The number of hydrogen-bond donors (Lipinski definition) is 2. The number of aromatic nitrogens is 2. The van der Waals surface area contributed by atoms with E-state index in [0.717, 1.165) is 25.1 Å². The van der Waals surface area contributed by atoms with Gasteiger partial charge in [0.05, 0.1) is 0 Å². The summed E-state index contributed by atoms with van der Waals surface area (Å²) >= 11 is 0. The predicted octanol–water partition coefficient (Wildman–Crippen LogP) is 0.595. The number of hydrazine groups is 1. The van der Waals surface area contributed by atoms with Crippen LogP contribution in [-0.4, -0.2) is 15.6 Å². The zero-order valence-corrected chi connectivity index (χ0v) is 8.33. The Morgan fingerprint density at radius 3 is 2.92 bits per heavy atom. The van der Waals surface area contributed by atoms with Crippen LogP contribution in [-0.2, 0) is 13.5 Å². The first kappa shape index (κ1) is 10.2. The zero-order chi connectivity index (χ0) is 9.68. The van der Waals surface area contributed by atoms with Crippen LogP contribution >= 0.6 is 0 Å². The molecule has 0 saturated heterocycles. The molecule has 0 amide bonds. The molecule has 4 heteroatoms. The van der Waals surface area contributed by atoms with E-state index in [1.807, 2.05) is 24.0 Å². The molecular weight excluding hydrogens is 164 g/mol. The highest BCUT2D eigenvalue weighted by Crippen LogP contribution is 2.03. The van der Waals surface area contributed by atoms with Crippen LogP contribution < -0.4 is 11.3 Å². The largest absolute Gasteiger partial charge is 0.338 e. The van der Waals surface area contributed by atoms with Crippen LogP contribution in [0.25, 0.3) is 0 Å². The monoisotopic (exact) mass is 182 g/mol. The van der Waals surface area contributed by atoms with E-state index in [2.05, 4.69) is 17.3 Å². The molecule has 1 rings (SSSR count). The van der Waals surface area contributed by atoms with Gasteiger partial charge >= 0.3 is 0 Å². The molecule has 0 aliphatic heterocycles. The van der Waals surface area contributed by atoms with Crippen LogP contribution in [0.4, 0.5) is 0 Å². The zero-order valence-electron chi connectivity index (χ0n) is 8.33. The average molecular weight is 182 g/mol. The molecule has 1 atom stereocenters. The van der Waals surface area contributed by atoms with Crippen molar-refractivity contribution in [2.24, 2.45) is 12.9 Å². The molecule has 1 heterocycles. The quantitative estimate of drug-likeness (QED) is 0.518. The Hall–Kier alpha value is -0.870. The van der Waals surface area contributed by atoms with E-state index in [4.69, 9.17) is 5.84 Å². The van der Waals surface area contributed by atoms with Gasteiger partial charge < -0.3 is 4.57 Å². The van der Waals surface area contributed by atoms with E-state index < -0.39 is 0 Å². The SMILES string of the molecule is CCC(CCc1nccn1C)NN. The van der Waals surface area contributed by atoms with Crippen molar-refractivity contribution in [2.75, 3.05) is 0 Å². The van der Waals surface area contributed by atoms with Crippen LogP contribution in [0.1, 0.15) is 25.6 Å². The van der Waals surface area contributed by atoms with Crippen molar-refractivity contribution >= 4 is 0 Å². The van der Waals surface area contributed by atoms with Crippen molar-refractivity contribution in [3.63, 3.8) is 0 Å². The third kappa shape index (κ3) is 2.82. The minimum absolute atomic E-state index is 0.400. The van der Waals surface area contributed by atoms with Gasteiger partial charge in [0.25, 0.3) is 0 Å². The number of rotatable bonds is 5. The van der Waals surface area contributed by atoms with E-state index in [1.165, 1.54) is 0 Å². The van der Waals surface area contributed by atoms with Gasteiger partial charge in [0.2, 0.25) is 0 Å². The second-order valence-corrected chi connectivity index (χ2v) is 3.26. The molecule has 0 saturated carbocycles. The lowest BCUT2D eigenvalue weighted by atomic mass is 10.1. The Morgan fingerprint density at radius 2 is 2.46 bits per heavy atom. The fraction of sp³-hybridized carbons (Fsp3) is 0.667. The summed E-state index contributed by atoms with van der Waals surface area (Å²) in [6.07, 6.45) is 6.86. The van der Waals surface area contributed by atoms with Gasteiger partial charge in [-0.2, -0.15) is 0 Å². The molecule has 0 radical (unpaired) electrons. The van der Waals surface area contributed by atoms with Gasteiger partial charge in [-0.25, -0.2) is 4.98 Å². The van der Waals surface area contributed by atoms with Crippen molar-refractivity contribution in [1.82, 2.24) is 15.0 Å². The summed E-state index contributed by atoms with van der Waals surface area (Å²) in [6.45, 7) is 2.13. The molecule has 0 aliphatic carbocycles. The first-order chi connectivity index (χ1) is 6.27. The summed E-state index contributed by atoms with van der Waals surface area (Å²) in [4.78, 5) is 4.25. The predicted molar refractivity (Wildman–Crippen MR) is 52.9 cm³/mol. The maximum atomic E-state index is 5.38. The summed E-state index contributed by atoms with van der Waals surface area (Å²) < 4.78 is 2.04. The fourth-order valence-corrected chi connectivity index (χ4v) is 1.35. The first-order valence-electron chi connectivity index (χ1n) is 4.70. The number of nitrogens with one attached hydrogen (secondary N) is 1. The lowest BCUT2D eigenvalue weighted by Crippen LogP contribution is -2.34. The Balaban J connectivity index is 2.38. The summed E-state index contributed by atoms with van der Waals surface area (Å²) in [6, 6.07) is 0.400. The van der Waals surface area contributed by atoms with E-state index in [1.54, 1.807) is 0 Å². The van der Waals surface area contributed by atoms with Crippen LogP contribution in [0.2, 0.25) is 0 Å². The van der Waals surface area contributed by atoms with Crippen molar-refractivity contribution in [1.29, 1.82) is 0 Å². The van der Waals surface area contributed by atoms with Crippen molar-refractivity contribution in [3.05, 3.63) is 18.2 Å². The Labute approximate surface area is 79.1 Å². The van der Waals surface area contributed by atoms with Gasteiger partial charge in [-0.1, -0.05) is 6.92 Å². The smallest absolute Gasteiger partial charge is 0.108 e. The van der Waals surface area contributed by atoms with Gasteiger partial charge in [0, 0.05) is 31.9 Å². The fourth-order valence-electron chi connectivity index (χ4n) is 1.35. The first-order valence-corrected chi connectivity index (χ1v) is 4.70. The Morgan fingerprint density at radius 1 is 1.69 bits per heavy atom. The van der Waals surface area contributed by atoms with Gasteiger partial charge in [-0.3, -0.25) is 11.3 Å². The molecule has 1 aromatic heterocycles. The van der Waals surface area contributed by atoms with Crippen LogP contribution in [0, 0.1) is 0 Å². The molecule has 1 aromatic rings. The Kier molecular flexibility index (Phi) is 3.92. The lowest BCUT2D eigenvalue weighted by molar-refractivity contribution is 0.474. The summed E-state index contributed by atoms with van der Waals surface area (Å²) in [5.74, 6) is 6.50. The van der Waals surface area contributed by atoms with Gasteiger partial charge in [0.15, 0.2) is 0 Å². The molecule has 0 aromatic carbocycles. The molecule has 0 spiro atoms. The van der Waals surface area contributed by atoms with Gasteiger partial charge in [-0.15, -0.1) is 0 Å². The second kappa shape index (κ2) is 4.99. The van der Waals surface area contributed by atoms with Gasteiger partial charge in [0.1, 0.15) is 5.82 Å². The molecule has 1 unspecified atom stereocenters. The maximum absolute atomic E-state index is 5.38. The normalized spacial score (nSPS) is 13.2. The second-order valence-electron chi connectivity index (χ2n) is 3.26. The lowest BCUT2D eigenvalue weighted by Gasteiger charge is -2.12. The number of aryl methyl sites for hydroxylation is 2. The summed E-state index contributed by atoms with van der Waals surface area (Å²) in [5, 5.41) is 0. The molecule has 13 heavy (non-hydrogen) atoms. The maximum Gasteiger partial charge on any atom is 0.108 e. The summed E-state index contributed by atoms with van der Waals surface area (Å²) in [5.41, 5.74) is 2.80. The third-order valence-corrected chi connectivity index (χ3v) is 2.37. The summed E-state index contributed by atoms with van der Waals surface area (Å²) in [7, 11) is 2.01. The average Bonchev–Trinajstić information content (AvgIpc) is 2.54. The molecule has 3 N–H and O–H groups in total. The highest BCUT2D eigenvalue weighted by Gasteiger charge is 2.05. The van der Waals surface area contributed by atoms with E-state index >= 15 is 0 Å². The highest BCUT2D eigenvalue weighted by atomic mass is 15.2. The van der Waals surface area contributed by atoms with Crippen molar-refractivity contribution < 1.29 is 0 Å². The molecule has 0 fully saturated rings. The van der Waals surface area contributed by atoms with Crippen LogP contribution in [0.5, 0.6) is 0 Å². The topological polar surface area (TPSA) is 55.9 Å². The molecular formula is C9H18N4. The standard InChI is InChI=1S/C9H18N4/c1-3-8(12-10)4-5-9-11-6-7-13(9)2/h6-8,12H,3-5,10H2,1-2H3. The van der Waals surface area contributed by atoms with Crippen molar-refractivity contribution in [2.45, 2.75) is 32.2 Å². The highest BCUT2D eigenvalue weighted by molar-refractivity contribution is 4.91. The van der Waals surface area contributed by atoms with E-state index in [9.17, 15) is 0 Å². The molecule has 4 nitrogen and oxygen atoms in total. The minimum atomic E-state index is 0.400. The van der Waals surface area contributed by atoms with Gasteiger partial charge in [-0.05, 0) is 12.8 Å². The number of hydrogen-bond acceptors (Lipinski definition) is 3. The number of imidazole rings is 1. The third-order valence-electron chi connectivity index (χ3n) is 2.37. The van der Waals surface area contributed by atoms with Crippen LogP contribution in [0.3, 0.4) is 0 Å². The van der Waals surface area contributed by atoms with E-state index in [0.29, 0.717) is 6.04 Å². The molecule has 0 bridgehead atoms. The van der Waals surface area contributed by atoms with Crippen molar-refractivity contribution in [3.8, 4) is 0 Å². The molecule has 74 valence electrons. The van der Waals surface area contributed by atoms with Crippen LogP contribution in [0.15, 0.2) is 12.4 Å². The van der Waals surface area contributed by atoms with E-state index in [-0.39, 0.29) is 0 Å². The number of nitrogens with zero attached hydrogens (tertiary/aromatic N) is 2. The minimum Gasteiger partial charge on any atom is -0.338 e. The Bertz CT molecular complexity index is 240. The molecule has 0 aliphatic rings.